The highest BCUT2D eigenvalue weighted by atomic mass is 16.6. The Hall–Kier alpha value is -2.70. The average molecular weight is 333 g/mol. The second-order valence-electron chi connectivity index (χ2n) is 6.24. The van der Waals surface area contributed by atoms with Gasteiger partial charge < -0.3 is 25.0 Å². The Morgan fingerprint density at radius 3 is 2.75 bits per heavy atom. The van der Waals surface area contributed by atoms with Gasteiger partial charge in [-0.25, -0.2) is 4.79 Å². The normalized spacial score (nSPS) is 11.1. The van der Waals surface area contributed by atoms with Crippen LogP contribution in [0.2, 0.25) is 0 Å². The summed E-state index contributed by atoms with van der Waals surface area (Å²) in [6.07, 6.45) is 0.214. The molecule has 0 aliphatic heterocycles. The molecular formula is C17H23N3O4. The summed E-state index contributed by atoms with van der Waals surface area (Å²) < 4.78 is 16.1. The highest BCUT2D eigenvalue weighted by Gasteiger charge is 2.15. The van der Waals surface area contributed by atoms with Gasteiger partial charge in [-0.2, -0.15) is 0 Å². The Kier molecular flexibility index (Phi) is 5.68. The van der Waals surface area contributed by atoms with E-state index < -0.39 is 11.7 Å². The number of nitrogens with two attached hydrogens (primary N) is 1. The van der Waals surface area contributed by atoms with E-state index in [2.05, 4.69) is 10.5 Å². The van der Waals surface area contributed by atoms with Crippen LogP contribution in [0.25, 0.3) is 11.3 Å². The number of ether oxygens (including phenoxy) is 2. The molecule has 1 heterocycles. The van der Waals surface area contributed by atoms with Crippen molar-refractivity contribution in [3.8, 4) is 17.1 Å². The lowest BCUT2D eigenvalue weighted by molar-refractivity contribution is 0.0525. The van der Waals surface area contributed by atoms with E-state index in [0.29, 0.717) is 36.9 Å². The summed E-state index contributed by atoms with van der Waals surface area (Å²) in [7, 11) is 0. The summed E-state index contributed by atoms with van der Waals surface area (Å²) in [5.41, 5.74) is 5.86. The standard InChI is InChI=1S/C17H23N3O4/c1-17(2,3)23-16(21)19-9-6-10-22-13-8-5-4-7-12(13)14-11-15(18)20-24-14/h4-5,7-8,11H,6,9-10H2,1-3H3,(H2,18,20)(H,19,21). The van der Waals surface area contributed by atoms with Gasteiger partial charge >= 0.3 is 6.09 Å². The molecule has 0 spiro atoms. The van der Waals surface area contributed by atoms with Crippen molar-refractivity contribution in [2.45, 2.75) is 32.8 Å². The lowest BCUT2D eigenvalue weighted by atomic mass is 10.1. The smallest absolute Gasteiger partial charge is 0.407 e. The first kappa shape index (κ1) is 17.7. The van der Waals surface area contributed by atoms with Crippen LogP contribution in [0, 0.1) is 0 Å². The summed E-state index contributed by atoms with van der Waals surface area (Å²) >= 11 is 0. The maximum atomic E-state index is 11.5. The number of amides is 1. The van der Waals surface area contributed by atoms with Crippen LogP contribution in [-0.4, -0.2) is 30.0 Å². The number of nitrogens with one attached hydrogen (secondary N) is 1. The zero-order valence-electron chi connectivity index (χ0n) is 14.2. The van der Waals surface area contributed by atoms with Crippen molar-refractivity contribution in [1.29, 1.82) is 0 Å². The maximum absolute atomic E-state index is 11.5. The van der Waals surface area contributed by atoms with Crippen molar-refractivity contribution in [2.24, 2.45) is 0 Å². The second-order valence-corrected chi connectivity index (χ2v) is 6.24. The summed E-state index contributed by atoms with van der Waals surface area (Å²) in [6.45, 7) is 6.37. The minimum Gasteiger partial charge on any atom is -0.493 e. The number of carbonyl (C=O) groups excluding carboxylic acids is 1. The maximum Gasteiger partial charge on any atom is 0.407 e. The van der Waals surface area contributed by atoms with Crippen molar-refractivity contribution < 1.29 is 18.8 Å². The van der Waals surface area contributed by atoms with Crippen LogP contribution >= 0.6 is 0 Å². The van der Waals surface area contributed by atoms with Gasteiger partial charge in [-0.3, -0.25) is 0 Å². The predicted molar refractivity (Wildman–Crippen MR) is 90.7 cm³/mol. The molecule has 0 aliphatic carbocycles. The number of para-hydroxylation sites is 1. The Morgan fingerprint density at radius 2 is 2.08 bits per heavy atom. The minimum atomic E-state index is -0.502. The Labute approximate surface area is 141 Å². The van der Waals surface area contributed by atoms with Crippen LogP contribution in [0.1, 0.15) is 27.2 Å². The molecule has 0 fully saturated rings. The zero-order valence-corrected chi connectivity index (χ0v) is 14.2. The third-order valence-corrected chi connectivity index (χ3v) is 2.93. The van der Waals surface area contributed by atoms with Crippen molar-refractivity contribution in [2.75, 3.05) is 18.9 Å². The van der Waals surface area contributed by atoms with E-state index in [0.717, 1.165) is 5.56 Å². The summed E-state index contributed by atoms with van der Waals surface area (Å²) in [6, 6.07) is 9.11. The molecule has 0 atom stereocenters. The molecule has 1 aromatic carbocycles. The first-order chi connectivity index (χ1) is 11.3. The van der Waals surface area contributed by atoms with Crippen LogP contribution in [-0.2, 0) is 4.74 Å². The number of benzene rings is 1. The topological polar surface area (TPSA) is 99.6 Å². The Morgan fingerprint density at radius 1 is 1.33 bits per heavy atom. The van der Waals surface area contributed by atoms with E-state index in [1.54, 1.807) is 6.07 Å². The molecule has 3 N–H and O–H groups in total. The lowest BCUT2D eigenvalue weighted by Gasteiger charge is -2.19. The third-order valence-electron chi connectivity index (χ3n) is 2.93. The molecule has 0 saturated heterocycles. The first-order valence-electron chi connectivity index (χ1n) is 7.76. The van der Waals surface area contributed by atoms with Crippen molar-refractivity contribution in [3.63, 3.8) is 0 Å². The van der Waals surface area contributed by atoms with Crippen LogP contribution in [0.4, 0.5) is 10.6 Å². The van der Waals surface area contributed by atoms with Gasteiger partial charge in [0.1, 0.15) is 11.4 Å². The molecule has 2 rings (SSSR count). The second kappa shape index (κ2) is 7.72. The summed E-state index contributed by atoms with van der Waals surface area (Å²) in [5, 5.41) is 6.37. The van der Waals surface area contributed by atoms with Crippen molar-refractivity contribution >= 4 is 11.9 Å². The molecule has 1 amide bonds. The summed E-state index contributed by atoms with van der Waals surface area (Å²) in [5.74, 6) is 1.54. The molecule has 7 nitrogen and oxygen atoms in total. The van der Waals surface area contributed by atoms with Crippen molar-refractivity contribution in [3.05, 3.63) is 30.3 Å². The number of nitrogens with zero attached hydrogens (tertiary/aromatic N) is 1. The number of hydrogen-bond acceptors (Lipinski definition) is 6. The number of rotatable bonds is 6. The average Bonchev–Trinajstić information content (AvgIpc) is 2.92. The SMILES string of the molecule is CC(C)(C)OC(=O)NCCCOc1ccccc1-c1cc(N)no1. The van der Waals surface area contributed by atoms with Crippen LogP contribution < -0.4 is 15.8 Å². The quantitative estimate of drug-likeness (QED) is 0.787. The van der Waals surface area contributed by atoms with Gasteiger partial charge in [-0.15, -0.1) is 0 Å². The van der Waals surface area contributed by atoms with Gasteiger partial charge in [-0.1, -0.05) is 17.3 Å². The molecule has 0 aliphatic rings. The van der Waals surface area contributed by atoms with E-state index in [4.69, 9.17) is 19.7 Å². The van der Waals surface area contributed by atoms with Crippen LogP contribution in [0.15, 0.2) is 34.9 Å². The fourth-order valence-electron chi connectivity index (χ4n) is 1.97. The molecule has 0 saturated carbocycles. The molecule has 0 radical (unpaired) electrons. The molecule has 130 valence electrons. The molecule has 0 bridgehead atoms. The summed E-state index contributed by atoms with van der Waals surface area (Å²) in [4.78, 5) is 11.5. The van der Waals surface area contributed by atoms with Crippen molar-refractivity contribution in [1.82, 2.24) is 10.5 Å². The number of nitrogen functional groups attached to an aromatic ring is 1. The van der Waals surface area contributed by atoms with Crippen LogP contribution in [0.5, 0.6) is 5.75 Å². The Balaban J connectivity index is 1.80. The first-order valence-corrected chi connectivity index (χ1v) is 7.76. The predicted octanol–water partition coefficient (Wildman–Crippen LogP) is 3.22. The number of carbonyl (C=O) groups is 1. The fraction of sp³-hybridized carbons (Fsp3) is 0.412. The van der Waals surface area contributed by atoms with Gasteiger partial charge in [0.15, 0.2) is 11.6 Å². The molecule has 2 aromatic rings. The van der Waals surface area contributed by atoms with Gasteiger partial charge in [0, 0.05) is 12.6 Å². The van der Waals surface area contributed by atoms with Gasteiger partial charge in [0.05, 0.1) is 12.2 Å². The monoisotopic (exact) mass is 333 g/mol. The fourth-order valence-corrected chi connectivity index (χ4v) is 1.97. The van der Waals surface area contributed by atoms with Gasteiger partial charge in [-0.05, 0) is 39.3 Å². The number of hydrogen-bond donors (Lipinski definition) is 2. The Bertz CT molecular complexity index is 676. The minimum absolute atomic E-state index is 0.321. The van der Waals surface area contributed by atoms with E-state index in [-0.39, 0.29) is 0 Å². The lowest BCUT2D eigenvalue weighted by Crippen LogP contribution is -2.33. The number of alkyl carbamates (subject to hydrolysis) is 1. The van der Waals surface area contributed by atoms with Crippen LogP contribution in [0.3, 0.4) is 0 Å². The highest BCUT2D eigenvalue weighted by Crippen LogP contribution is 2.30. The van der Waals surface area contributed by atoms with E-state index in [9.17, 15) is 4.79 Å². The molecule has 0 unspecified atom stereocenters. The van der Waals surface area contributed by atoms with E-state index in [1.165, 1.54) is 0 Å². The highest BCUT2D eigenvalue weighted by molar-refractivity contribution is 5.68. The molecule has 24 heavy (non-hydrogen) atoms. The molecule has 1 aromatic heterocycles. The molecular weight excluding hydrogens is 310 g/mol. The van der Waals surface area contributed by atoms with E-state index in [1.807, 2.05) is 45.0 Å². The van der Waals surface area contributed by atoms with Gasteiger partial charge in [0.25, 0.3) is 0 Å². The van der Waals surface area contributed by atoms with E-state index >= 15 is 0 Å². The largest absolute Gasteiger partial charge is 0.493 e. The molecule has 7 heteroatoms. The van der Waals surface area contributed by atoms with Gasteiger partial charge in [0.2, 0.25) is 0 Å². The number of aromatic nitrogens is 1. The third kappa shape index (κ3) is 5.49. The zero-order chi connectivity index (χ0) is 17.6. The number of anilines is 1.